The average Bonchev–Trinajstić information content (AvgIpc) is 2.31. The molecule has 3 N–H and O–H groups in total. The van der Waals surface area contributed by atoms with Gasteiger partial charge in [0.05, 0.1) is 5.54 Å². The summed E-state index contributed by atoms with van der Waals surface area (Å²) in [6.45, 7) is 5.78. The summed E-state index contributed by atoms with van der Waals surface area (Å²) in [5.74, 6) is -0.130. The molecule has 19 heavy (non-hydrogen) atoms. The van der Waals surface area contributed by atoms with Crippen LogP contribution in [-0.4, -0.2) is 25.5 Å². The summed E-state index contributed by atoms with van der Waals surface area (Å²) in [6, 6.07) is 5.95. The van der Waals surface area contributed by atoms with Gasteiger partial charge in [0.15, 0.2) is 0 Å². The minimum atomic E-state index is -0.818. The van der Waals surface area contributed by atoms with Crippen LogP contribution in [0.3, 0.4) is 0 Å². The van der Waals surface area contributed by atoms with E-state index < -0.39 is 5.54 Å². The number of carbonyl (C=O) groups is 1. The summed E-state index contributed by atoms with van der Waals surface area (Å²) in [4.78, 5) is 14.2. The Morgan fingerprint density at radius 1 is 1.42 bits per heavy atom. The van der Waals surface area contributed by atoms with Crippen molar-refractivity contribution in [3.8, 4) is 0 Å². The minimum absolute atomic E-state index is 0.130. The molecule has 1 aromatic rings. The molecule has 0 aliphatic heterocycles. The zero-order chi connectivity index (χ0) is 14.6. The van der Waals surface area contributed by atoms with Gasteiger partial charge in [-0.3, -0.25) is 4.79 Å². The van der Waals surface area contributed by atoms with Crippen LogP contribution >= 0.6 is 0 Å². The summed E-state index contributed by atoms with van der Waals surface area (Å²) < 4.78 is 0. The van der Waals surface area contributed by atoms with Crippen molar-refractivity contribution in [2.45, 2.75) is 39.2 Å². The van der Waals surface area contributed by atoms with Crippen LogP contribution in [0.1, 0.15) is 32.3 Å². The lowest BCUT2D eigenvalue weighted by molar-refractivity contribution is -0.120. The van der Waals surface area contributed by atoms with Gasteiger partial charge in [-0.1, -0.05) is 13.3 Å². The van der Waals surface area contributed by atoms with Gasteiger partial charge >= 0.3 is 0 Å². The second-order valence-corrected chi connectivity index (χ2v) is 5.52. The van der Waals surface area contributed by atoms with Crippen LogP contribution < -0.4 is 16.0 Å². The van der Waals surface area contributed by atoms with Crippen molar-refractivity contribution in [1.82, 2.24) is 0 Å². The first-order chi connectivity index (χ1) is 8.77. The Bertz CT molecular complexity index is 453. The second kappa shape index (κ2) is 6.06. The standard InChI is InChI=1S/C15H25N3O/c1-6-9-15(3,16)14(19)17-13-8-7-12(18(4)5)10-11(13)2/h7-8,10H,6,9,16H2,1-5H3,(H,17,19). The highest BCUT2D eigenvalue weighted by Crippen LogP contribution is 2.22. The predicted molar refractivity (Wildman–Crippen MR) is 81.6 cm³/mol. The first-order valence-corrected chi connectivity index (χ1v) is 6.66. The van der Waals surface area contributed by atoms with Gasteiger partial charge in [0.25, 0.3) is 0 Å². The Hall–Kier alpha value is -1.55. The van der Waals surface area contributed by atoms with E-state index in [4.69, 9.17) is 5.73 Å². The van der Waals surface area contributed by atoms with E-state index in [1.165, 1.54) is 0 Å². The lowest BCUT2D eigenvalue weighted by Crippen LogP contribution is -2.48. The number of hydrogen-bond acceptors (Lipinski definition) is 3. The third kappa shape index (κ3) is 3.96. The maximum Gasteiger partial charge on any atom is 0.244 e. The van der Waals surface area contributed by atoms with Crippen LogP contribution in [0.25, 0.3) is 0 Å². The zero-order valence-corrected chi connectivity index (χ0v) is 12.6. The van der Waals surface area contributed by atoms with Crippen molar-refractivity contribution in [3.63, 3.8) is 0 Å². The number of nitrogens with zero attached hydrogens (tertiary/aromatic N) is 1. The Morgan fingerprint density at radius 2 is 2.05 bits per heavy atom. The van der Waals surface area contributed by atoms with Gasteiger partial charge in [-0.25, -0.2) is 0 Å². The fourth-order valence-corrected chi connectivity index (χ4v) is 1.96. The fraction of sp³-hybridized carbons (Fsp3) is 0.533. The van der Waals surface area contributed by atoms with Crippen molar-refractivity contribution in [2.75, 3.05) is 24.3 Å². The number of amides is 1. The smallest absolute Gasteiger partial charge is 0.244 e. The van der Waals surface area contributed by atoms with Gasteiger partial charge in [0.2, 0.25) is 5.91 Å². The molecular weight excluding hydrogens is 238 g/mol. The predicted octanol–water partition coefficient (Wildman–Crippen LogP) is 2.52. The molecule has 4 heteroatoms. The molecule has 0 aliphatic carbocycles. The highest BCUT2D eigenvalue weighted by molar-refractivity contribution is 5.98. The SMILES string of the molecule is CCCC(C)(N)C(=O)Nc1ccc(N(C)C)cc1C. The van der Waals surface area contributed by atoms with Crippen molar-refractivity contribution in [2.24, 2.45) is 5.73 Å². The Morgan fingerprint density at radius 3 is 2.53 bits per heavy atom. The first kappa shape index (κ1) is 15.5. The molecule has 1 rings (SSSR count). The number of nitrogens with one attached hydrogen (secondary N) is 1. The van der Waals surface area contributed by atoms with E-state index in [0.29, 0.717) is 6.42 Å². The minimum Gasteiger partial charge on any atom is -0.378 e. The lowest BCUT2D eigenvalue weighted by Gasteiger charge is -2.24. The van der Waals surface area contributed by atoms with Gasteiger partial charge in [-0.05, 0) is 44.0 Å². The average molecular weight is 263 g/mol. The maximum atomic E-state index is 12.1. The molecule has 1 atom stereocenters. The molecule has 0 spiro atoms. The quantitative estimate of drug-likeness (QED) is 0.858. The maximum absolute atomic E-state index is 12.1. The number of nitrogens with two attached hydrogens (primary N) is 1. The summed E-state index contributed by atoms with van der Waals surface area (Å²) in [5.41, 5.74) is 8.18. The molecule has 0 aliphatic rings. The molecule has 0 saturated heterocycles. The number of rotatable bonds is 5. The van der Waals surface area contributed by atoms with Crippen molar-refractivity contribution in [1.29, 1.82) is 0 Å². The highest BCUT2D eigenvalue weighted by Gasteiger charge is 2.27. The van der Waals surface area contributed by atoms with Crippen molar-refractivity contribution < 1.29 is 4.79 Å². The van der Waals surface area contributed by atoms with E-state index in [9.17, 15) is 4.79 Å². The van der Waals surface area contributed by atoms with E-state index in [2.05, 4.69) is 5.32 Å². The van der Waals surface area contributed by atoms with Crippen molar-refractivity contribution >= 4 is 17.3 Å². The van der Waals surface area contributed by atoms with E-state index in [1.807, 2.05) is 51.0 Å². The van der Waals surface area contributed by atoms with Crippen LogP contribution in [0.4, 0.5) is 11.4 Å². The van der Waals surface area contributed by atoms with Gasteiger partial charge in [0.1, 0.15) is 0 Å². The molecular formula is C15H25N3O. The highest BCUT2D eigenvalue weighted by atomic mass is 16.2. The second-order valence-electron chi connectivity index (χ2n) is 5.52. The zero-order valence-electron chi connectivity index (χ0n) is 12.6. The molecule has 0 radical (unpaired) electrons. The summed E-state index contributed by atoms with van der Waals surface area (Å²) in [7, 11) is 3.98. The van der Waals surface area contributed by atoms with Gasteiger partial charge in [-0.2, -0.15) is 0 Å². The van der Waals surface area contributed by atoms with Crippen LogP contribution in [0.2, 0.25) is 0 Å². The van der Waals surface area contributed by atoms with Gasteiger partial charge in [-0.15, -0.1) is 0 Å². The molecule has 1 amide bonds. The monoisotopic (exact) mass is 263 g/mol. The number of benzene rings is 1. The van der Waals surface area contributed by atoms with E-state index in [0.717, 1.165) is 23.4 Å². The fourth-order valence-electron chi connectivity index (χ4n) is 1.96. The summed E-state index contributed by atoms with van der Waals surface area (Å²) in [5, 5.41) is 2.92. The van der Waals surface area contributed by atoms with E-state index >= 15 is 0 Å². The Labute approximate surface area is 116 Å². The van der Waals surface area contributed by atoms with Crippen LogP contribution in [0.15, 0.2) is 18.2 Å². The normalized spacial score (nSPS) is 13.8. The third-order valence-corrected chi connectivity index (χ3v) is 3.26. The topological polar surface area (TPSA) is 58.4 Å². The number of hydrogen-bond donors (Lipinski definition) is 2. The van der Waals surface area contributed by atoms with Crippen LogP contribution in [0.5, 0.6) is 0 Å². The molecule has 4 nitrogen and oxygen atoms in total. The Balaban J connectivity index is 2.86. The van der Waals surface area contributed by atoms with Gasteiger partial charge < -0.3 is 16.0 Å². The molecule has 0 fully saturated rings. The first-order valence-electron chi connectivity index (χ1n) is 6.66. The number of carbonyl (C=O) groups excluding carboxylic acids is 1. The number of aryl methyl sites for hydroxylation is 1. The Kier molecular flexibility index (Phi) is 4.95. The molecule has 0 saturated carbocycles. The summed E-state index contributed by atoms with van der Waals surface area (Å²) >= 11 is 0. The molecule has 0 heterocycles. The van der Waals surface area contributed by atoms with E-state index in [1.54, 1.807) is 6.92 Å². The lowest BCUT2D eigenvalue weighted by atomic mass is 9.96. The largest absolute Gasteiger partial charge is 0.378 e. The molecule has 0 bridgehead atoms. The van der Waals surface area contributed by atoms with Crippen LogP contribution in [-0.2, 0) is 4.79 Å². The number of anilines is 2. The van der Waals surface area contributed by atoms with Crippen molar-refractivity contribution in [3.05, 3.63) is 23.8 Å². The molecule has 0 aromatic heterocycles. The van der Waals surface area contributed by atoms with E-state index in [-0.39, 0.29) is 5.91 Å². The molecule has 1 unspecified atom stereocenters. The third-order valence-electron chi connectivity index (χ3n) is 3.26. The van der Waals surface area contributed by atoms with Gasteiger partial charge in [0, 0.05) is 25.5 Å². The molecule has 106 valence electrons. The summed E-state index contributed by atoms with van der Waals surface area (Å²) in [6.07, 6.45) is 1.56. The molecule has 1 aromatic carbocycles. The van der Waals surface area contributed by atoms with Crippen LogP contribution in [0, 0.1) is 6.92 Å².